The molecule has 1 fully saturated rings. The van der Waals surface area contributed by atoms with Gasteiger partial charge in [0, 0.05) is 67.3 Å². The van der Waals surface area contributed by atoms with Crippen molar-refractivity contribution < 1.29 is 0 Å². The van der Waals surface area contributed by atoms with Crippen molar-refractivity contribution in [3.05, 3.63) is 35.0 Å². The average Bonchev–Trinajstić information content (AvgIpc) is 3.12. The Bertz CT molecular complexity index is 933. The molecule has 1 saturated heterocycles. The monoisotopic (exact) mass is 429 g/mol. The molecule has 7 heteroatoms. The predicted molar refractivity (Wildman–Crippen MR) is 129 cm³/mol. The average molecular weight is 430 g/mol. The number of H-pyrrole nitrogens is 1. The molecule has 1 aromatic carbocycles. The fraction of sp³-hybridized carbons (Fsp3) is 0.545. The minimum absolute atomic E-state index is 0.352. The van der Waals surface area contributed by atoms with Crippen LogP contribution in [0.3, 0.4) is 0 Å². The van der Waals surface area contributed by atoms with Crippen LogP contribution in [0.25, 0.3) is 10.9 Å². The zero-order chi connectivity index (χ0) is 20.7. The highest BCUT2D eigenvalue weighted by molar-refractivity contribution is 7.80. The lowest BCUT2D eigenvalue weighted by molar-refractivity contribution is 0.133. The van der Waals surface area contributed by atoms with Gasteiger partial charge in [0.15, 0.2) is 5.11 Å². The van der Waals surface area contributed by atoms with Gasteiger partial charge in [-0.15, -0.1) is 0 Å². The van der Waals surface area contributed by atoms with Crippen molar-refractivity contribution in [2.45, 2.75) is 44.7 Å². The quantitative estimate of drug-likeness (QED) is 0.650. The summed E-state index contributed by atoms with van der Waals surface area (Å²) in [6.45, 7) is 7.20. The number of hydrogen-bond acceptors (Lipinski definition) is 3. The van der Waals surface area contributed by atoms with Gasteiger partial charge in [-0.1, -0.05) is 12.2 Å². The van der Waals surface area contributed by atoms with Crippen molar-refractivity contribution in [2.24, 2.45) is 0 Å². The Labute approximate surface area is 184 Å². The van der Waals surface area contributed by atoms with Crippen LogP contribution in [0, 0.1) is 0 Å². The highest BCUT2D eigenvalue weighted by Gasteiger charge is 2.40. The maximum absolute atomic E-state index is 5.69. The van der Waals surface area contributed by atoms with E-state index in [4.69, 9.17) is 24.4 Å². The number of likely N-dealkylation sites (N-methyl/N-ethyl adjacent to an activating group) is 1. The van der Waals surface area contributed by atoms with Crippen LogP contribution in [0.2, 0.25) is 0 Å². The lowest BCUT2D eigenvalue weighted by Crippen LogP contribution is -2.56. The predicted octanol–water partition coefficient (Wildman–Crippen LogP) is 2.99. The fourth-order valence-corrected chi connectivity index (χ4v) is 5.71. The summed E-state index contributed by atoms with van der Waals surface area (Å²) in [7, 11) is 4.15. The third-order valence-corrected chi connectivity index (χ3v) is 7.48. The molecule has 29 heavy (non-hydrogen) atoms. The molecule has 5 nitrogen and oxygen atoms in total. The van der Waals surface area contributed by atoms with Crippen molar-refractivity contribution in [3.63, 3.8) is 0 Å². The molecule has 1 aliphatic carbocycles. The number of aromatic nitrogens is 1. The standard InChI is InChI=1S/C22H31N5S2/c1-5-27(6-2)22(29)25-15-10-16-17-7-13(21(28)23-3)8-18-20(17)14(11-24-18)9-19(16)26(4)12-15/h7-8,11,15-16,19,24H,5-6,9-10,12H2,1-4H3,(H,23,28)(H,25,29)/t15-,16?,19+/m0/s1. The lowest BCUT2D eigenvalue weighted by atomic mass is 9.73. The summed E-state index contributed by atoms with van der Waals surface area (Å²) in [5.41, 5.74) is 5.14. The van der Waals surface area contributed by atoms with Gasteiger partial charge in [0.1, 0.15) is 4.99 Å². The number of nitrogens with one attached hydrogen (secondary N) is 3. The van der Waals surface area contributed by atoms with Crippen LogP contribution >= 0.6 is 24.4 Å². The Balaban J connectivity index is 1.67. The number of hydrogen-bond donors (Lipinski definition) is 3. The van der Waals surface area contributed by atoms with Crippen LogP contribution in [0.1, 0.15) is 42.9 Å². The minimum atomic E-state index is 0.352. The summed E-state index contributed by atoms with van der Waals surface area (Å²) >= 11 is 11.2. The Morgan fingerprint density at radius 1 is 1.28 bits per heavy atom. The molecule has 0 saturated carbocycles. The normalized spacial score (nSPS) is 23.5. The Kier molecular flexibility index (Phi) is 5.82. The van der Waals surface area contributed by atoms with E-state index >= 15 is 0 Å². The Morgan fingerprint density at radius 3 is 2.72 bits per heavy atom. The molecule has 2 aliphatic rings. The molecule has 3 N–H and O–H groups in total. The second-order valence-electron chi connectivity index (χ2n) is 8.25. The summed E-state index contributed by atoms with van der Waals surface area (Å²) in [5, 5.41) is 9.06. The molecule has 0 radical (unpaired) electrons. The topological polar surface area (TPSA) is 46.3 Å². The van der Waals surface area contributed by atoms with Crippen molar-refractivity contribution in [3.8, 4) is 0 Å². The zero-order valence-electron chi connectivity index (χ0n) is 17.7. The summed E-state index contributed by atoms with van der Waals surface area (Å²) in [4.78, 5) is 9.02. The number of piperidine rings is 1. The molecule has 2 heterocycles. The number of rotatable bonds is 4. The number of likely N-dealkylation sites (tertiary alicyclic amines) is 1. The fourth-order valence-electron chi connectivity index (χ4n) is 5.17. The van der Waals surface area contributed by atoms with Gasteiger partial charge in [-0.05, 0) is 69.2 Å². The van der Waals surface area contributed by atoms with Crippen molar-refractivity contribution in [2.75, 3.05) is 33.7 Å². The third kappa shape index (κ3) is 3.64. The Hall–Kier alpha value is -1.70. The van der Waals surface area contributed by atoms with Gasteiger partial charge in [0.05, 0.1) is 0 Å². The number of benzene rings is 1. The second-order valence-corrected chi connectivity index (χ2v) is 9.05. The molecule has 0 amide bonds. The summed E-state index contributed by atoms with van der Waals surface area (Å²) in [6.07, 6.45) is 4.37. The highest BCUT2D eigenvalue weighted by Crippen LogP contribution is 2.43. The maximum atomic E-state index is 5.69. The van der Waals surface area contributed by atoms with E-state index in [0.29, 0.717) is 18.0 Å². The number of nitrogens with zero attached hydrogens (tertiary/aromatic N) is 2. The molecule has 1 unspecified atom stereocenters. The van der Waals surface area contributed by atoms with Crippen molar-refractivity contribution in [1.29, 1.82) is 0 Å². The summed E-state index contributed by atoms with van der Waals surface area (Å²) < 4.78 is 0. The SMILES string of the molecule is CCN(CC)C(=S)N[C@H]1CC2c3cc(C(=S)NC)cc4[nH]cc(c34)C[C@H]2N(C)C1. The third-order valence-electron chi connectivity index (χ3n) is 6.67. The highest BCUT2D eigenvalue weighted by atomic mass is 32.1. The molecule has 0 bridgehead atoms. The second kappa shape index (κ2) is 8.20. The molecule has 156 valence electrons. The van der Waals surface area contributed by atoms with Crippen LogP contribution in [0.4, 0.5) is 0 Å². The largest absolute Gasteiger partial charge is 0.379 e. The molecule has 0 spiro atoms. The lowest BCUT2D eigenvalue weighted by Gasteiger charge is -2.46. The van der Waals surface area contributed by atoms with E-state index in [2.05, 4.69) is 64.6 Å². The van der Waals surface area contributed by atoms with Crippen LogP contribution in [-0.4, -0.2) is 70.7 Å². The van der Waals surface area contributed by atoms with E-state index < -0.39 is 0 Å². The first-order valence-corrected chi connectivity index (χ1v) is 11.4. The molecular formula is C22H31N5S2. The van der Waals surface area contributed by atoms with E-state index in [1.165, 1.54) is 22.0 Å². The van der Waals surface area contributed by atoms with Gasteiger partial charge in [0.25, 0.3) is 0 Å². The molecule has 3 atom stereocenters. The molecule has 4 rings (SSSR count). The van der Waals surface area contributed by atoms with Gasteiger partial charge >= 0.3 is 0 Å². The number of aromatic amines is 1. The maximum Gasteiger partial charge on any atom is 0.169 e. The number of fused-ring (bicyclic) bond motifs is 2. The van der Waals surface area contributed by atoms with Gasteiger partial charge in [0.2, 0.25) is 0 Å². The van der Waals surface area contributed by atoms with Crippen LogP contribution in [0.5, 0.6) is 0 Å². The summed E-state index contributed by atoms with van der Waals surface area (Å²) in [5.74, 6) is 0.469. The first-order valence-electron chi connectivity index (χ1n) is 10.6. The zero-order valence-corrected chi connectivity index (χ0v) is 19.3. The van der Waals surface area contributed by atoms with E-state index in [9.17, 15) is 0 Å². The first kappa shape index (κ1) is 20.6. The van der Waals surface area contributed by atoms with Gasteiger partial charge in [-0.3, -0.25) is 0 Å². The van der Waals surface area contributed by atoms with Crippen molar-refractivity contribution in [1.82, 2.24) is 25.4 Å². The Morgan fingerprint density at radius 2 is 2.03 bits per heavy atom. The van der Waals surface area contributed by atoms with Crippen LogP contribution < -0.4 is 10.6 Å². The summed E-state index contributed by atoms with van der Waals surface area (Å²) in [6, 6.07) is 5.36. The van der Waals surface area contributed by atoms with E-state index in [1.807, 2.05) is 7.05 Å². The van der Waals surface area contributed by atoms with E-state index in [0.717, 1.165) is 48.1 Å². The van der Waals surface area contributed by atoms with E-state index in [1.54, 1.807) is 0 Å². The molecule has 2 aromatic rings. The van der Waals surface area contributed by atoms with Gasteiger partial charge < -0.3 is 25.4 Å². The van der Waals surface area contributed by atoms with Crippen molar-refractivity contribution >= 4 is 45.4 Å². The van der Waals surface area contributed by atoms with Crippen LogP contribution in [-0.2, 0) is 6.42 Å². The van der Waals surface area contributed by atoms with Crippen LogP contribution in [0.15, 0.2) is 18.3 Å². The van der Waals surface area contributed by atoms with E-state index in [-0.39, 0.29) is 0 Å². The molecular weight excluding hydrogens is 398 g/mol. The minimum Gasteiger partial charge on any atom is -0.379 e. The molecule has 1 aliphatic heterocycles. The number of thiocarbonyl (C=S) groups is 2. The molecule has 1 aromatic heterocycles. The first-order chi connectivity index (χ1) is 14.0. The van der Waals surface area contributed by atoms with Gasteiger partial charge in [-0.2, -0.15) is 0 Å². The van der Waals surface area contributed by atoms with Gasteiger partial charge in [-0.25, -0.2) is 0 Å². The smallest absolute Gasteiger partial charge is 0.169 e.